The fourth-order valence-electron chi connectivity index (χ4n) is 5.01. The molecule has 1 saturated carbocycles. The maximum atomic E-state index is 13.2. The number of fused-ring (bicyclic) bond motifs is 1. The highest BCUT2D eigenvalue weighted by Crippen LogP contribution is 2.54. The molecule has 174 valence electrons. The SMILES string of the molecule is Cc1cc(C2=CC=C(C(F)(F)F)NN2)ccc1[C@@H]1[C@H](C2CC2)C(=O)N1c1ccc2[nH]cnc2c1. The van der Waals surface area contributed by atoms with Crippen LogP contribution in [0, 0.1) is 18.8 Å². The number of rotatable bonds is 4. The van der Waals surface area contributed by atoms with E-state index >= 15 is 0 Å². The minimum Gasteiger partial charge on any atom is -0.345 e. The lowest BCUT2D eigenvalue weighted by Crippen LogP contribution is -2.56. The summed E-state index contributed by atoms with van der Waals surface area (Å²) in [6.45, 7) is 1.98. The van der Waals surface area contributed by atoms with Crippen molar-refractivity contribution in [2.45, 2.75) is 32.0 Å². The fraction of sp³-hybridized carbons (Fsp3) is 0.280. The first-order chi connectivity index (χ1) is 16.3. The van der Waals surface area contributed by atoms with Crippen molar-refractivity contribution >= 4 is 28.3 Å². The highest BCUT2D eigenvalue weighted by atomic mass is 19.4. The number of carbonyl (C=O) groups is 1. The van der Waals surface area contributed by atoms with Crippen molar-refractivity contribution in [2.24, 2.45) is 11.8 Å². The zero-order valence-corrected chi connectivity index (χ0v) is 18.3. The van der Waals surface area contributed by atoms with Crippen LogP contribution in [0.5, 0.6) is 0 Å². The van der Waals surface area contributed by atoms with E-state index in [1.807, 2.05) is 48.2 Å². The monoisotopic (exact) mass is 465 g/mol. The topological polar surface area (TPSA) is 73.0 Å². The molecule has 2 fully saturated rings. The van der Waals surface area contributed by atoms with E-state index in [-0.39, 0.29) is 17.9 Å². The van der Waals surface area contributed by atoms with Crippen LogP contribution in [0.25, 0.3) is 16.7 Å². The van der Waals surface area contributed by atoms with Gasteiger partial charge >= 0.3 is 6.18 Å². The van der Waals surface area contributed by atoms with Gasteiger partial charge in [0.25, 0.3) is 0 Å². The van der Waals surface area contributed by atoms with Gasteiger partial charge in [-0.1, -0.05) is 12.1 Å². The van der Waals surface area contributed by atoms with Crippen LogP contribution in [0.4, 0.5) is 18.9 Å². The summed E-state index contributed by atoms with van der Waals surface area (Å²) in [6.07, 6.45) is 1.76. The third kappa shape index (κ3) is 3.34. The average Bonchev–Trinajstić information content (AvgIpc) is 3.52. The van der Waals surface area contributed by atoms with E-state index in [1.165, 1.54) is 6.08 Å². The quantitative estimate of drug-likeness (QED) is 0.480. The molecule has 3 aromatic rings. The summed E-state index contributed by atoms with van der Waals surface area (Å²) in [5, 5.41) is 0. The van der Waals surface area contributed by atoms with Crippen molar-refractivity contribution in [1.29, 1.82) is 0 Å². The largest absolute Gasteiger partial charge is 0.432 e. The second kappa shape index (κ2) is 7.38. The van der Waals surface area contributed by atoms with E-state index < -0.39 is 11.9 Å². The number of aryl methyl sites for hydroxylation is 1. The lowest BCUT2D eigenvalue weighted by Gasteiger charge is -2.48. The molecule has 2 atom stereocenters. The molecule has 6 rings (SSSR count). The molecule has 0 unspecified atom stereocenters. The maximum Gasteiger partial charge on any atom is 0.432 e. The van der Waals surface area contributed by atoms with Crippen molar-refractivity contribution in [3.05, 3.63) is 77.3 Å². The molecule has 0 spiro atoms. The number of H-pyrrole nitrogens is 1. The number of anilines is 1. The lowest BCUT2D eigenvalue weighted by atomic mass is 9.77. The minimum absolute atomic E-state index is 0.0506. The molecule has 3 N–H and O–H groups in total. The molecule has 3 heterocycles. The van der Waals surface area contributed by atoms with Crippen LogP contribution in [0.1, 0.15) is 35.6 Å². The van der Waals surface area contributed by atoms with E-state index in [2.05, 4.69) is 20.8 Å². The second-order valence-corrected chi connectivity index (χ2v) is 9.10. The average molecular weight is 465 g/mol. The molecule has 2 aromatic carbocycles. The van der Waals surface area contributed by atoms with Crippen LogP contribution in [0.2, 0.25) is 0 Å². The molecule has 9 heteroatoms. The molecule has 34 heavy (non-hydrogen) atoms. The van der Waals surface area contributed by atoms with Gasteiger partial charge in [0.2, 0.25) is 5.91 Å². The summed E-state index contributed by atoms with van der Waals surface area (Å²) in [5.41, 5.74) is 9.91. The Balaban J connectivity index is 1.34. The summed E-state index contributed by atoms with van der Waals surface area (Å²) >= 11 is 0. The third-order valence-corrected chi connectivity index (χ3v) is 6.91. The van der Waals surface area contributed by atoms with Gasteiger partial charge in [0.15, 0.2) is 0 Å². The smallest absolute Gasteiger partial charge is 0.345 e. The Kier molecular flexibility index (Phi) is 4.52. The number of carbonyl (C=O) groups excluding carboxylic acids is 1. The van der Waals surface area contributed by atoms with Gasteiger partial charge in [-0.25, -0.2) is 4.98 Å². The maximum absolute atomic E-state index is 13.2. The summed E-state index contributed by atoms with van der Waals surface area (Å²) in [7, 11) is 0. The summed E-state index contributed by atoms with van der Waals surface area (Å²) in [6, 6.07) is 11.5. The Labute approximate surface area is 193 Å². The van der Waals surface area contributed by atoms with Crippen LogP contribution in [0.3, 0.4) is 0 Å². The number of hydrogen-bond donors (Lipinski definition) is 3. The molecule has 1 saturated heterocycles. The molecule has 0 radical (unpaired) electrons. The van der Waals surface area contributed by atoms with E-state index in [0.29, 0.717) is 11.6 Å². The van der Waals surface area contributed by atoms with E-state index in [4.69, 9.17) is 0 Å². The van der Waals surface area contributed by atoms with Crippen LogP contribution in [-0.2, 0) is 4.79 Å². The van der Waals surface area contributed by atoms with Gasteiger partial charge in [0, 0.05) is 5.69 Å². The highest BCUT2D eigenvalue weighted by molar-refractivity contribution is 6.04. The Morgan fingerprint density at radius 3 is 2.56 bits per heavy atom. The third-order valence-electron chi connectivity index (χ3n) is 6.91. The molecular weight excluding hydrogens is 443 g/mol. The molecule has 1 aromatic heterocycles. The number of nitrogens with one attached hydrogen (secondary N) is 3. The predicted octanol–water partition coefficient (Wildman–Crippen LogP) is 4.88. The van der Waals surface area contributed by atoms with Gasteiger partial charge in [-0.2, -0.15) is 13.2 Å². The Morgan fingerprint density at radius 1 is 1.06 bits per heavy atom. The summed E-state index contributed by atoms with van der Waals surface area (Å²) in [4.78, 5) is 22.5. The molecule has 2 aliphatic heterocycles. The van der Waals surface area contributed by atoms with Gasteiger partial charge in [0.1, 0.15) is 5.70 Å². The van der Waals surface area contributed by atoms with Crippen LogP contribution < -0.4 is 15.8 Å². The van der Waals surface area contributed by atoms with Crippen molar-refractivity contribution in [3.63, 3.8) is 0 Å². The lowest BCUT2D eigenvalue weighted by molar-refractivity contribution is -0.131. The van der Waals surface area contributed by atoms with E-state index in [9.17, 15) is 18.0 Å². The van der Waals surface area contributed by atoms with Crippen molar-refractivity contribution in [1.82, 2.24) is 20.8 Å². The number of nitrogens with zero attached hydrogens (tertiary/aromatic N) is 2. The molecule has 0 bridgehead atoms. The number of allylic oxidation sites excluding steroid dienone is 3. The Morgan fingerprint density at radius 2 is 1.88 bits per heavy atom. The zero-order valence-electron chi connectivity index (χ0n) is 18.3. The normalized spacial score (nSPS) is 22.6. The first kappa shape index (κ1) is 20.8. The van der Waals surface area contributed by atoms with Crippen molar-refractivity contribution < 1.29 is 18.0 Å². The highest BCUT2D eigenvalue weighted by Gasteiger charge is 2.55. The fourth-order valence-corrected chi connectivity index (χ4v) is 5.01. The first-order valence-corrected chi connectivity index (χ1v) is 11.2. The minimum atomic E-state index is -4.44. The zero-order chi connectivity index (χ0) is 23.6. The number of hydrogen-bond acceptors (Lipinski definition) is 4. The van der Waals surface area contributed by atoms with E-state index in [1.54, 1.807) is 6.33 Å². The van der Waals surface area contributed by atoms with Crippen molar-refractivity contribution in [3.8, 4) is 0 Å². The number of aromatic nitrogens is 2. The first-order valence-electron chi connectivity index (χ1n) is 11.2. The van der Waals surface area contributed by atoms with Gasteiger partial charge in [-0.3, -0.25) is 10.2 Å². The molecule has 1 aliphatic carbocycles. The number of hydrazine groups is 1. The second-order valence-electron chi connectivity index (χ2n) is 9.10. The molecular formula is C25H22F3N5O. The molecule has 3 aliphatic rings. The van der Waals surface area contributed by atoms with Crippen LogP contribution in [-0.4, -0.2) is 22.1 Å². The number of amides is 1. The van der Waals surface area contributed by atoms with Gasteiger partial charge in [0.05, 0.1) is 35.0 Å². The van der Waals surface area contributed by atoms with Gasteiger partial charge in [-0.15, -0.1) is 0 Å². The van der Waals surface area contributed by atoms with Gasteiger partial charge in [-0.05, 0) is 78.8 Å². The predicted molar refractivity (Wildman–Crippen MR) is 122 cm³/mol. The number of halogens is 3. The Hall–Kier alpha value is -3.75. The number of benzene rings is 2. The van der Waals surface area contributed by atoms with Gasteiger partial charge < -0.3 is 15.3 Å². The number of imidazole rings is 1. The number of alkyl halides is 3. The standard InChI is InChI=1S/C25H22F3N5O/c1-13-10-15(18-8-9-21(32-31-18)25(26,27)28)4-6-17(13)23-22(14-2-3-14)24(34)33(23)16-5-7-19-20(11-16)30-12-29-19/h4-12,14,22-23,31-32H,2-3H2,1H3,(H,29,30)/t22-,23+/m0/s1. The van der Waals surface area contributed by atoms with E-state index in [0.717, 1.165) is 52.3 Å². The Bertz CT molecular complexity index is 1370. The molecule has 1 amide bonds. The van der Waals surface area contributed by atoms with Crippen LogP contribution in [0.15, 0.2) is 60.6 Å². The van der Waals surface area contributed by atoms with Crippen LogP contribution >= 0.6 is 0 Å². The van der Waals surface area contributed by atoms with Crippen molar-refractivity contribution in [2.75, 3.05) is 4.90 Å². The number of β-lactam (4-membered cyclic amide) rings is 1. The summed E-state index contributed by atoms with van der Waals surface area (Å²) in [5.74, 6) is 0.488. The number of aromatic amines is 1. The summed E-state index contributed by atoms with van der Waals surface area (Å²) < 4.78 is 38.6. The molecule has 6 nitrogen and oxygen atoms in total.